The number of imidazole rings is 1. The molecule has 18 heavy (non-hydrogen) atoms. The lowest BCUT2D eigenvalue weighted by molar-refractivity contribution is 0.184. The second-order valence-electron chi connectivity index (χ2n) is 5.77. The lowest BCUT2D eigenvalue weighted by atomic mass is 10.0. The van der Waals surface area contributed by atoms with Crippen molar-refractivity contribution in [2.45, 2.75) is 59.2 Å². The number of aromatic amines is 1. The van der Waals surface area contributed by atoms with Crippen LogP contribution in [0.4, 0.5) is 0 Å². The Hall–Kier alpha value is -0.870. The van der Waals surface area contributed by atoms with Gasteiger partial charge in [0.1, 0.15) is 5.82 Å². The molecule has 0 bridgehead atoms. The molecule has 0 amide bonds. The lowest BCUT2D eigenvalue weighted by Crippen LogP contribution is -2.44. The summed E-state index contributed by atoms with van der Waals surface area (Å²) in [6, 6.07) is 1.29. The van der Waals surface area contributed by atoms with Gasteiger partial charge in [-0.15, -0.1) is 0 Å². The summed E-state index contributed by atoms with van der Waals surface area (Å²) in [7, 11) is 0. The van der Waals surface area contributed by atoms with E-state index in [1.165, 1.54) is 37.3 Å². The molecule has 0 aliphatic carbocycles. The summed E-state index contributed by atoms with van der Waals surface area (Å²) in [4.78, 5) is 10.4. The maximum Gasteiger partial charge on any atom is 0.103 e. The highest BCUT2D eigenvalue weighted by Crippen LogP contribution is 2.15. The van der Waals surface area contributed by atoms with E-state index in [9.17, 15) is 0 Å². The largest absolute Gasteiger partial charge is 0.346 e. The fraction of sp³-hybridized carbons (Fsp3) is 0.786. The van der Waals surface area contributed by atoms with Crippen LogP contribution in [-0.4, -0.2) is 40.0 Å². The van der Waals surface area contributed by atoms with Gasteiger partial charge < -0.3 is 10.3 Å². The predicted octanol–water partition coefficient (Wildman–Crippen LogP) is 1.99. The van der Waals surface area contributed by atoms with Gasteiger partial charge in [-0.05, 0) is 26.7 Å². The van der Waals surface area contributed by atoms with Crippen LogP contribution in [0.25, 0.3) is 0 Å². The molecule has 1 aromatic heterocycles. The molecule has 0 saturated carbocycles. The number of nitrogens with zero attached hydrogens (tertiary/aromatic N) is 2. The van der Waals surface area contributed by atoms with Crippen LogP contribution in [0.15, 0.2) is 0 Å². The Morgan fingerprint density at radius 1 is 1.33 bits per heavy atom. The van der Waals surface area contributed by atoms with Crippen LogP contribution in [-0.2, 0) is 6.54 Å². The highest BCUT2D eigenvalue weighted by Gasteiger charge is 2.20. The van der Waals surface area contributed by atoms with E-state index in [0.717, 1.165) is 12.4 Å². The Bertz CT molecular complexity index is 375. The summed E-state index contributed by atoms with van der Waals surface area (Å²) in [6.45, 7) is 11.9. The number of hydrogen-bond acceptors (Lipinski definition) is 3. The second kappa shape index (κ2) is 5.85. The minimum absolute atomic E-state index is 0.595. The molecule has 4 heteroatoms. The summed E-state index contributed by atoms with van der Waals surface area (Å²) >= 11 is 0. The van der Waals surface area contributed by atoms with Gasteiger partial charge in [0.05, 0.1) is 5.69 Å². The van der Waals surface area contributed by atoms with Crippen molar-refractivity contribution < 1.29 is 0 Å². The van der Waals surface area contributed by atoms with Gasteiger partial charge in [0, 0.05) is 37.4 Å². The summed E-state index contributed by atoms with van der Waals surface area (Å²) < 4.78 is 0. The third kappa shape index (κ3) is 3.56. The SMILES string of the molecule is Cc1nc(CN2CCC(NC(C)C)CC2)c(C)[nH]1. The Morgan fingerprint density at radius 2 is 2.00 bits per heavy atom. The van der Waals surface area contributed by atoms with E-state index in [0.29, 0.717) is 12.1 Å². The number of rotatable bonds is 4. The second-order valence-corrected chi connectivity index (χ2v) is 5.77. The van der Waals surface area contributed by atoms with Crippen molar-refractivity contribution >= 4 is 0 Å². The highest BCUT2D eigenvalue weighted by atomic mass is 15.2. The molecule has 0 atom stereocenters. The summed E-state index contributed by atoms with van der Waals surface area (Å²) in [6.07, 6.45) is 2.50. The number of aryl methyl sites for hydroxylation is 2. The molecule has 1 fully saturated rings. The zero-order chi connectivity index (χ0) is 13.1. The Morgan fingerprint density at radius 3 is 2.50 bits per heavy atom. The molecule has 2 N–H and O–H groups in total. The topological polar surface area (TPSA) is 44.0 Å². The quantitative estimate of drug-likeness (QED) is 0.859. The molecular weight excluding hydrogens is 224 g/mol. The van der Waals surface area contributed by atoms with Gasteiger partial charge in [-0.1, -0.05) is 13.8 Å². The van der Waals surface area contributed by atoms with Gasteiger partial charge in [-0.3, -0.25) is 4.90 Å². The molecule has 0 radical (unpaired) electrons. The lowest BCUT2D eigenvalue weighted by Gasteiger charge is -2.33. The summed E-state index contributed by atoms with van der Waals surface area (Å²) in [5.41, 5.74) is 2.43. The van der Waals surface area contributed by atoms with E-state index < -0.39 is 0 Å². The number of likely N-dealkylation sites (tertiary alicyclic amines) is 1. The highest BCUT2D eigenvalue weighted by molar-refractivity contribution is 5.12. The van der Waals surface area contributed by atoms with Crippen LogP contribution in [0.3, 0.4) is 0 Å². The van der Waals surface area contributed by atoms with Crippen LogP contribution in [0.1, 0.15) is 43.9 Å². The van der Waals surface area contributed by atoms with Crippen LogP contribution >= 0.6 is 0 Å². The van der Waals surface area contributed by atoms with E-state index in [1.807, 2.05) is 6.92 Å². The maximum atomic E-state index is 4.56. The first kappa shape index (κ1) is 13.6. The Kier molecular flexibility index (Phi) is 4.40. The molecule has 1 saturated heterocycles. The molecule has 102 valence electrons. The van der Waals surface area contributed by atoms with E-state index in [-0.39, 0.29) is 0 Å². The third-order valence-corrected chi connectivity index (χ3v) is 3.63. The molecule has 2 heterocycles. The maximum absolute atomic E-state index is 4.56. The van der Waals surface area contributed by atoms with E-state index in [1.54, 1.807) is 0 Å². The molecule has 0 aromatic carbocycles. The fourth-order valence-electron chi connectivity index (χ4n) is 2.75. The van der Waals surface area contributed by atoms with Crippen LogP contribution in [0.5, 0.6) is 0 Å². The fourth-order valence-corrected chi connectivity index (χ4v) is 2.75. The van der Waals surface area contributed by atoms with Crippen molar-refractivity contribution in [3.05, 3.63) is 17.2 Å². The van der Waals surface area contributed by atoms with Crippen LogP contribution in [0, 0.1) is 13.8 Å². The molecule has 1 aromatic rings. The van der Waals surface area contributed by atoms with Crippen molar-refractivity contribution in [2.75, 3.05) is 13.1 Å². The van der Waals surface area contributed by atoms with Gasteiger partial charge in [0.15, 0.2) is 0 Å². The summed E-state index contributed by atoms with van der Waals surface area (Å²) in [5, 5.41) is 3.63. The van der Waals surface area contributed by atoms with Gasteiger partial charge in [-0.2, -0.15) is 0 Å². The zero-order valence-corrected chi connectivity index (χ0v) is 12.1. The molecule has 1 aliphatic rings. The normalized spacial score (nSPS) is 18.7. The van der Waals surface area contributed by atoms with Crippen LogP contribution in [0.2, 0.25) is 0 Å². The van der Waals surface area contributed by atoms with Gasteiger partial charge in [0.2, 0.25) is 0 Å². The van der Waals surface area contributed by atoms with Gasteiger partial charge in [0.25, 0.3) is 0 Å². The van der Waals surface area contributed by atoms with E-state index >= 15 is 0 Å². The minimum Gasteiger partial charge on any atom is -0.346 e. The smallest absolute Gasteiger partial charge is 0.103 e. The number of nitrogens with one attached hydrogen (secondary N) is 2. The van der Waals surface area contributed by atoms with Gasteiger partial charge >= 0.3 is 0 Å². The average molecular weight is 250 g/mol. The van der Waals surface area contributed by atoms with Crippen molar-refractivity contribution in [3.8, 4) is 0 Å². The predicted molar refractivity (Wildman–Crippen MR) is 74.6 cm³/mol. The number of piperidine rings is 1. The molecular formula is C14H26N4. The van der Waals surface area contributed by atoms with E-state index in [4.69, 9.17) is 0 Å². The number of aromatic nitrogens is 2. The van der Waals surface area contributed by atoms with Crippen LogP contribution < -0.4 is 5.32 Å². The minimum atomic E-state index is 0.595. The molecule has 0 spiro atoms. The molecule has 2 rings (SSSR count). The average Bonchev–Trinajstić information content (AvgIpc) is 2.59. The number of H-pyrrole nitrogens is 1. The standard InChI is InChI=1S/C14H26N4/c1-10(2)15-13-5-7-18(8-6-13)9-14-11(3)16-12(4)17-14/h10,13,15H,5-9H2,1-4H3,(H,16,17). The Labute approximate surface area is 110 Å². The zero-order valence-electron chi connectivity index (χ0n) is 12.1. The van der Waals surface area contributed by atoms with Crippen molar-refractivity contribution in [1.82, 2.24) is 20.2 Å². The van der Waals surface area contributed by atoms with Crippen molar-refractivity contribution in [1.29, 1.82) is 0 Å². The first-order valence-electron chi connectivity index (χ1n) is 7.05. The molecule has 4 nitrogen and oxygen atoms in total. The summed E-state index contributed by atoms with van der Waals surface area (Å²) in [5.74, 6) is 1.03. The monoisotopic (exact) mass is 250 g/mol. The first-order valence-corrected chi connectivity index (χ1v) is 7.05. The van der Waals surface area contributed by atoms with Crippen molar-refractivity contribution in [3.63, 3.8) is 0 Å². The third-order valence-electron chi connectivity index (χ3n) is 3.63. The van der Waals surface area contributed by atoms with Gasteiger partial charge in [-0.25, -0.2) is 4.98 Å². The first-order chi connectivity index (χ1) is 8.54. The molecule has 1 aliphatic heterocycles. The Balaban J connectivity index is 1.82. The van der Waals surface area contributed by atoms with Crippen molar-refractivity contribution in [2.24, 2.45) is 0 Å². The van der Waals surface area contributed by atoms with E-state index in [2.05, 4.69) is 41.0 Å². The molecule has 0 unspecified atom stereocenters. The number of hydrogen-bond donors (Lipinski definition) is 2.